The maximum absolute atomic E-state index is 12.4. The molecule has 8 nitrogen and oxygen atoms in total. The molecule has 0 bridgehead atoms. The van der Waals surface area contributed by atoms with Gasteiger partial charge in [0.25, 0.3) is 11.1 Å². The SMILES string of the molecule is CCCc1cc(=O)[nH]c(SCc2nc3cc(OC)c(OC)cc3c(=O)[nH]2)n1. The number of nitrogens with one attached hydrogen (secondary N) is 2. The normalized spacial score (nSPS) is 10.9. The Morgan fingerprint density at radius 1 is 1.04 bits per heavy atom. The highest BCUT2D eigenvalue weighted by Crippen LogP contribution is 2.30. The van der Waals surface area contributed by atoms with Gasteiger partial charge in [0.2, 0.25) is 0 Å². The van der Waals surface area contributed by atoms with E-state index in [1.54, 1.807) is 12.1 Å². The van der Waals surface area contributed by atoms with Crippen LogP contribution in [-0.2, 0) is 12.2 Å². The average Bonchev–Trinajstić information content (AvgIpc) is 2.65. The molecule has 1 aromatic carbocycles. The average molecular weight is 388 g/mol. The molecule has 2 heterocycles. The number of aryl methyl sites for hydroxylation is 1. The number of thioether (sulfide) groups is 1. The maximum Gasteiger partial charge on any atom is 0.258 e. The largest absolute Gasteiger partial charge is 0.493 e. The topological polar surface area (TPSA) is 110 Å². The van der Waals surface area contributed by atoms with Gasteiger partial charge in [0.15, 0.2) is 16.7 Å². The maximum atomic E-state index is 12.4. The molecule has 0 radical (unpaired) electrons. The van der Waals surface area contributed by atoms with E-state index in [0.717, 1.165) is 18.5 Å². The van der Waals surface area contributed by atoms with Crippen LogP contribution in [0.25, 0.3) is 10.9 Å². The van der Waals surface area contributed by atoms with Gasteiger partial charge in [-0.15, -0.1) is 0 Å². The summed E-state index contributed by atoms with van der Waals surface area (Å²) in [7, 11) is 3.04. The molecule has 9 heteroatoms. The number of nitrogens with zero attached hydrogens (tertiary/aromatic N) is 2. The number of methoxy groups -OCH3 is 2. The molecule has 0 saturated heterocycles. The Hall–Kier alpha value is -2.81. The summed E-state index contributed by atoms with van der Waals surface area (Å²) in [6, 6.07) is 4.77. The van der Waals surface area contributed by atoms with Gasteiger partial charge in [0.05, 0.1) is 30.9 Å². The third-order valence-corrected chi connectivity index (χ3v) is 4.77. The molecule has 27 heavy (non-hydrogen) atoms. The summed E-state index contributed by atoms with van der Waals surface area (Å²) in [5, 5.41) is 0.916. The first kappa shape index (κ1) is 19.0. The number of aromatic nitrogens is 4. The Bertz CT molecular complexity index is 1080. The van der Waals surface area contributed by atoms with Gasteiger partial charge < -0.3 is 19.4 Å². The van der Waals surface area contributed by atoms with Gasteiger partial charge in [-0.25, -0.2) is 9.97 Å². The third kappa shape index (κ3) is 4.30. The fourth-order valence-electron chi connectivity index (χ4n) is 2.66. The zero-order chi connectivity index (χ0) is 19.4. The van der Waals surface area contributed by atoms with Gasteiger partial charge >= 0.3 is 0 Å². The van der Waals surface area contributed by atoms with Crippen molar-refractivity contribution in [1.29, 1.82) is 0 Å². The van der Waals surface area contributed by atoms with Crippen molar-refractivity contribution in [3.8, 4) is 11.5 Å². The van der Waals surface area contributed by atoms with Crippen molar-refractivity contribution in [3.05, 3.63) is 50.4 Å². The summed E-state index contributed by atoms with van der Waals surface area (Å²) >= 11 is 1.31. The number of rotatable bonds is 7. The van der Waals surface area contributed by atoms with Crippen molar-refractivity contribution in [2.45, 2.75) is 30.7 Å². The molecule has 0 unspecified atom stereocenters. The lowest BCUT2D eigenvalue weighted by molar-refractivity contribution is 0.355. The zero-order valence-corrected chi connectivity index (χ0v) is 16.1. The van der Waals surface area contributed by atoms with Gasteiger partial charge in [-0.1, -0.05) is 25.1 Å². The van der Waals surface area contributed by atoms with Crippen LogP contribution < -0.4 is 20.6 Å². The van der Waals surface area contributed by atoms with Gasteiger partial charge in [0, 0.05) is 17.8 Å². The van der Waals surface area contributed by atoms with Crippen molar-refractivity contribution in [2.75, 3.05) is 14.2 Å². The Labute approximate surface area is 159 Å². The van der Waals surface area contributed by atoms with Gasteiger partial charge in [0.1, 0.15) is 5.82 Å². The zero-order valence-electron chi connectivity index (χ0n) is 15.3. The summed E-state index contributed by atoms with van der Waals surface area (Å²) in [6.45, 7) is 2.03. The van der Waals surface area contributed by atoms with Gasteiger partial charge in [-0.2, -0.15) is 0 Å². The Kier molecular flexibility index (Phi) is 5.80. The van der Waals surface area contributed by atoms with Crippen molar-refractivity contribution >= 4 is 22.7 Å². The first-order valence-corrected chi connectivity index (χ1v) is 9.40. The van der Waals surface area contributed by atoms with E-state index in [1.165, 1.54) is 32.0 Å². The molecule has 0 aliphatic carbocycles. The number of ether oxygens (including phenoxy) is 2. The molecule has 142 valence electrons. The first-order chi connectivity index (χ1) is 13.0. The molecule has 2 N–H and O–H groups in total. The van der Waals surface area contributed by atoms with Gasteiger partial charge in [-0.3, -0.25) is 9.59 Å². The van der Waals surface area contributed by atoms with Crippen LogP contribution in [0.5, 0.6) is 11.5 Å². The van der Waals surface area contributed by atoms with E-state index in [0.29, 0.717) is 39.1 Å². The molecule has 0 aliphatic heterocycles. The number of aromatic amines is 2. The predicted octanol–water partition coefficient (Wildman–Crippen LogP) is 2.27. The Morgan fingerprint density at radius 2 is 1.78 bits per heavy atom. The first-order valence-electron chi connectivity index (χ1n) is 8.42. The summed E-state index contributed by atoms with van der Waals surface area (Å²) in [5.41, 5.74) is 0.805. The number of hydrogen-bond acceptors (Lipinski definition) is 7. The highest BCUT2D eigenvalue weighted by molar-refractivity contribution is 7.98. The summed E-state index contributed by atoms with van der Waals surface area (Å²) in [4.78, 5) is 38.5. The lowest BCUT2D eigenvalue weighted by atomic mass is 10.2. The van der Waals surface area contributed by atoms with Crippen LogP contribution in [0.15, 0.2) is 32.9 Å². The minimum absolute atomic E-state index is 0.187. The second-order valence-corrected chi connectivity index (χ2v) is 6.78. The van der Waals surface area contributed by atoms with E-state index in [4.69, 9.17) is 9.47 Å². The number of fused-ring (bicyclic) bond motifs is 1. The Balaban J connectivity index is 1.89. The summed E-state index contributed by atoms with van der Waals surface area (Å²) < 4.78 is 10.5. The molecule has 0 aliphatic rings. The third-order valence-electron chi connectivity index (χ3n) is 3.88. The van der Waals surface area contributed by atoms with Crippen molar-refractivity contribution < 1.29 is 9.47 Å². The smallest absolute Gasteiger partial charge is 0.258 e. The van der Waals surface area contributed by atoms with E-state index in [9.17, 15) is 9.59 Å². The molecule has 0 spiro atoms. The summed E-state index contributed by atoms with van der Waals surface area (Å²) in [6.07, 6.45) is 1.65. The molecule has 0 saturated carbocycles. The minimum Gasteiger partial charge on any atom is -0.493 e. The second kappa shape index (κ2) is 8.26. The molecule has 0 atom stereocenters. The molecule has 3 aromatic rings. The van der Waals surface area contributed by atoms with E-state index >= 15 is 0 Å². The quantitative estimate of drug-likeness (QED) is 0.472. The molecule has 2 aromatic heterocycles. The van der Waals surface area contributed by atoms with E-state index in [1.807, 2.05) is 6.92 Å². The van der Waals surface area contributed by atoms with E-state index in [2.05, 4.69) is 19.9 Å². The monoisotopic (exact) mass is 388 g/mol. The molecular formula is C18H20N4O4S. The van der Waals surface area contributed by atoms with E-state index in [-0.39, 0.29) is 11.1 Å². The van der Waals surface area contributed by atoms with Crippen molar-refractivity contribution in [2.24, 2.45) is 0 Å². The second-order valence-electron chi connectivity index (χ2n) is 5.82. The van der Waals surface area contributed by atoms with Crippen LogP contribution in [0.1, 0.15) is 24.9 Å². The fourth-order valence-corrected chi connectivity index (χ4v) is 3.42. The number of benzene rings is 1. The molecule has 0 amide bonds. The minimum atomic E-state index is -0.266. The van der Waals surface area contributed by atoms with Crippen molar-refractivity contribution in [3.63, 3.8) is 0 Å². The van der Waals surface area contributed by atoms with Crippen LogP contribution in [0.2, 0.25) is 0 Å². The lowest BCUT2D eigenvalue weighted by Gasteiger charge is -2.09. The fraction of sp³-hybridized carbons (Fsp3) is 0.333. The molecule has 3 rings (SSSR count). The van der Waals surface area contributed by atoms with Crippen LogP contribution >= 0.6 is 11.8 Å². The molecular weight excluding hydrogens is 368 g/mol. The highest BCUT2D eigenvalue weighted by atomic mass is 32.2. The van der Waals surface area contributed by atoms with Crippen LogP contribution in [0.3, 0.4) is 0 Å². The summed E-state index contributed by atoms with van der Waals surface area (Å²) in [5.74, 6) is 1.81. The molecule has 0 fully saturated rings. The lowest BCUT2D eigenvalue weighted by Crippen LogP contribution is -2.13. The predicted molar refractivity (Wildman–Crippen MR) is 104 cm³/mol. The van der Waals surface area contributed by atoms with Gasteiger partial charge in [-0.05, 0) is 12.5 Å². The van der Waals surface area contributed by atoms with Crippen LogP contribution in [0.4, 0.5) is 0 Å². The Morgan fingerprint density at radius 3 is 2.48 bits per heavy atom. The van der Waals surface area contributed by atoms with Crippen LogP contribution in [-0.4, -0.2) is 34.2 Å². The van der Waals surface area contributed by atoms with E-state index < -0.39 is 0 Å². The standard InChI is InChI=1S/C18H20N4O4S/c1-4-5-10-6-16(23)22-18(19-10)27-9-15-20-12-8-14(26-3)13(25-2)7-11(12)17(24)21-15/h6-8H,4-5,9H2,1-3H3,(H,19,22,23)(H,20,21,24). The van der Waals surface area contributed by atoms with Crippen LogP contribution in [0, 0.1) is 0 Å². The van der Waals surface area contributed by atoms with Crippen molar-refractivity contribution in [1.82, 2.24) is 19.9 Å². The highest BCUT2D eigenvalue weighted by Gasteiger charge is 2.11. The number of hydrogen-bond donors (Lipinski definition) is 2. The number of H-pyrrole nitrogens is 2.